The molecule has 1 aromatic heterocycles. The van der Waals surface area contributed by atoms with E-state index in [4.69, 9.17) is 9.84 Å². The maximum Gasteiger partial charge on any atom is 0.248 e. The van der Waals surface area contributed by atoms with Gasteiger partial charge in [-0.2, -0.15) is 5.10 Å². The number of piperidine rings is 1. The Hall–Kier alpha value is -1.40. The summed E-state index contributed by atoms with van der Waals surface area (Å²) in [5.74, 6) is 0.199. The van der Waals surface area contributed by atoms with E-state index < -0.39 is 6.61 Å². The van der Waals surface area contributed by atoms with Gasteiger partial charge in [0.1, 0.15) is 6.61 Å². The molecule has 0 saturated carbocycles. The number of hydrogen-bond donors (Lipinski definition) is 2. The molecule has 1 saturated heterocycles. The highest BCUT2D eigenvalue weighted by Gasteiger charge is 2.24. The lowest BCUT2D eigenvalue weighted by Crippen LogP contribution is -2.39. The number of hydrogen-bond acceptors (Lipinski definition) is 4. The second-order valence-corrected chi connectivity index (χ2v) is 4.56. The van der Waals surface area contributed by atoms with Gasteiger partial charge in [0, 0.05) is 26.1 Å². The Bertz CT molecular complexity index is 397. The van der Waals surface area contributed by atoms with E-state index in [1.807, 2.05) is 6.07 Å². The van der Waals surface area contributed by atoms with Crippen LogP contribution >= 0.6 is 0 Å². The van der Waals surface area contributed by atoms with Crippen molar-refractivity contribution in [2.45, 2.75) is 25.4 Å². The molecular weight excluding hydrogens is 234 g/mol. The molecule has 1 amide bonds. The van der Waals surface area contributed by atoms with Crippen LogP contribution in [-0.4, -0.2) is 52.9 Å². The van der Waals surface area contributed by atoms with E-state index in [2.05, 4.69) is 10.2 Å². The molecular formula is C12H19N3O3. The Labute approximate surface area is 106 Å². The van der Waals surface area contributed by atoms with Crippen molar-refractivity contribution < 1.29 is 14.6 Å². The molecule has 6 heteroatoms. The molecule has 2 rings (SSSR count). The summed E-state index contributed by atoms with van der Waals surface area (Å²) in [6, 6.07) is 2.03. The van der Waals surface area contributed by atoms with Crippen LogP contribution in [0.4, 0.5) is 0 Å². The molecule has 0 bridgehead atoms. The molecule has 1 aliphatic heterocycles. The third kappa shape index (κ3) is 2.88. The molecule has 1 fully saturated rings. The molecule has 0 aliphatic carbocycles. The largest absolute Gasteiger partial charge is 0.387 e. The highest BCUT2D eigenvalue weighted by atomic mass is 16.5. The average Bonchev–Trinajstić information content (AvgIpc) is 2.87. The predicted molar refractivity (Wildman–Crippen MR) is 64.9 cm³/mol. The fourth-order valence-corrected chi connectivity index (χ4v) is 2.34. The summed E-state index contributed by atoms with van der Waals surface area (Å²) in [6.07, 6.45) is 1.78. The number of aliphatic hydroxyl groups is 1. The van der Waals surface area contributed by atoms with Crippen LogP contribution in [0.5, 0.6) is 0 Å². The van der Waals surface area contributed by atoms with Crippen LogP contribution in [0.2, 0.25) is 0 Å². The van der Waals surface area contributed by atoms with Crippen LogP contribution in [0.15, 0.2) is 6.07 Å². The van der Waals surface area contributed by atoms with Crippen LogP contribution in [0, 0.1) is 0 Å². The molecule has 0 atom stereocenters. The molecule has 18 heavy (non-hydrogen) atoms. The van der Waals surface area contributed by atoms with Gasteiger partial charge in [-0.1, -0.05) is 0 Å². The van der Waals surface area contributed by atoms with Crippen molar-refractivity contribution in [1.82, 2.24) is 15.1 Å². The molecule has 2 heterocycles. The molecule has 0 aromatic carbocycles. The van der Waals surface area contributed by atoms with Gasteiger partial charge in [0.25, 0.3) is 0 Å². The minimum atomic E-state index is -0.398. The number of aromatic amines is 1. The van der Waals surface area contributed by atoms with Gasteiger partial charge < -0.3 is 14.7 Å². The number of carbonyl (C=O) groups is 1. The molecule has 1 aromatic rings. The number of ether oxygens (including phenoxy) is 1. The molecule has 0 spiro atoms. The van der Waals surface area contributed by atoms with Gasteiger partial charge in [-0.3, -0.25) is 9.89 Å². The topological polar surface area (TPSA) is 78.4 Å². The summed E-state index contributed by atoms with van der Waals surface area (Å²) >= 11 is 0. The third-order valence-corrected chi connectivity index (χ3v) is 3.35. The Morgan fingerprint density at radius 3 is 2.94 bits per heavy atom. The highest BCUT2D eigenvalue weighted by Crippen LogP contribution is 2.27. The summed E-state index contributed by atoms with van der Waals surface area (Å²) < 4.78 is 5.04. The van der Waals surface area contributed by atoms with Gasteiger partial charge >= 0.3 is 0 Å². The Morgan fingerprint density at radius 1 is 1.61 bits per heavy atom. The zero-order valence-electron chi connectivity index (χ0n) is 10.6. The third-order valence-electron chi connectivity index (χ3n) is 3.35. The highest BCUT2D eigenvalue weighted by molar-refractivity contribution is 5.77. The van der Waals surface area contributed by atoms with Crippen LogP contribution in [0.25, 0.3) is 0 Å². The SMILES string of the molecule is COCc1cc(C2CCN(C(=O)CO)CC2)n[nH]1. The van der Waals surface area contributed by atoms with Crippen LogP contribution in [0.3, 0.4) is 0 Å². The van der Waals surface area contributed by atoms with E-state index in [-0.39, 0.29) is 5.91 Å². The normalized spacial score (nSPS) is 17.1. The van der Waals surface area contributed by atoms with Gasteiger partial charge in [0.05, 0.1) is 18.0 Å². The fraction of sp³-hybridized carbons (Fsp3) is 0.667. The first-order valence-electron chi connectivity index (χ1n) is 6.16. The van der Waals surface area contributed by atoms with Gasteiger partial charge in [-0.15, -0.1) is 0 Å². The summed E-state index contributed by atoms with van der Waals surface area (Å²) in [5, 5.41) is 16.1. The second-order valence-electron chi connectivity index (χ2n) is 4.56. The van der Waals surface area contributed by atoms with Crippen molar-refractivity contribution in [3.8, 4) is 0 Å². The minimum absolute atomic E-state index is 0.185. The van der Waals surface area contributed by atoms with Crippen LogP contribution in [0.1, 0.15) is 30.1 Å². The average molecular weight is 253 g/mol. The van der Waals surface area contributed by atoms with Gasteiger partial charge in [-0.05, 0) is 18.9 Å². The van der Waals surface area contributed by atoms with Gasteiger partial charge in [-0.25, -0.2) is 0 Å². The fourth-order valence-electron chi connectivity index (χ4n) is 2.34. The van der Waals surface area contributed by atoms with Crippen molar-refractivity contribution in [1.29, 1.82) is 0 Å². The minimum Gasteiger partial charge on any atom is -0.387 e. The van der Waals surface area contributed by atoms with Crippen molar-refractivity contribution in [2.24, 2.45) is 0 Å². The number of carbonyl (C=O) groups excluding carboxylic acids is 1. The number of nitrogens with zero attached hydrogens (tertiary/aromatic N) is 2. The maximum atomic E-state index is 11.3. The first-order valence-corrected chi connectivity index (χ1v) is 6.16. The first-order chi connectivity index (χ1) is 8.74. The smallest absolute Gasteiger partial charge is 0.248 e. The van der Waals surface area contributed by atoms with E-state index >= 15 is 0 Å². The van der Waals surface area contributed by atoms with Crippen LogP contribution in [-0.2, 0) is 16.1 Å². The van der Waals surface area contributed by atoms with Crippen molar-refractivity contribution in [3.63, 3.8) is 0 Å². The maximum absolute atomic E-state index is 11.3. The monoisotopic (exact) mass is 253 g/mol. The summed E-state index contributed by atoms with van der Waals surface area (Å²) in [5.41, 5.74) is 2.01. The molecule has 2 N–H and O–H groups in total. The number of amides is 1. The van der Waals surface area contributed by atoms with E-state index in [1.54, 1.807) is 12.0 Å². The second kappa shape index (κ2) is 5.97. The molecule has 6 nitrogen and oxygen atoms in total. The molecule has 0 radical (unpaired) electrons. The zero-order chi connectivity index (χ0) is 13.0. The zero-order valence-corrected chi connectivity index (χ0v) is 10.6. The molecule has 1 aliphatic rings. The Balaban J connectivity index is 1.90. The van der Waals surface area contributed by atoms with Gasteiger partial charge in [0.15, 0.2) is 0 Å². The molecule has 100 valence electrons. The van der Waals surface area contributed by atoms with Crippen LogP contribution < -0.4 is 0 Å². The number of aliphatic hydroxyl groups excluding tert-OH is 1. The standard InChI is InChI=1S/C12H19N3O3/c1-18-8-10-6-11(14-13-10)9-2-4-15(5-3-9)12(17)7-16/h6,9,16H,2-5,7-8H2,1H3,(H,13,14). The summed E-state index contributed by atoms with van der Waals surface area (Å²) in [6.45, 7) is 1.52. The molecule has 0 unspecified atom stereocenters. The van der Waals surface area contributed by atoms with E-state index in [1.165, 1.54) is 0 Å². The lowest BCUT2D eigenvalue weighted by Gasteiger charge is -2.30. The van der Waals surface area contributed by atoms with Crippen molar-refractivity contribution >= 4 is 5.91 Å². The summed E-state index contributed by atoms with van der Waals surface area (Å²) in [7, 11) is 1.65. The van der Waals surface area contributed by atoms with Gasteiger partial charge in [0.2, 0.25) is 5.91 Å². The van der Waals surface area contributed by atoms with E-state index in [0.717, 1.165) is 24.2 Å². The number of rotatable bonds is 4. The first kappa shape index (κ1) is 13.0. The van der Waals surface area contributed by atoms with Crippen molar-refractivity contribution in [2.75, 3.05) is 26.8 Å². The Morgan fingerprint density at radius 2 is 2.33 bits per heavy atom. The van der Waals surface area contributed by atoms with E-state index in [9.17, 15) is 4.79 Å². The van der Waals surface area contributed by atoms with Crippen molar-refractivity contribution in [3.05, 3.63) is 17.5 Å². The lowest BCUT2D eigenvalue weighted by atomic mass is 9.93. The van der Waals surface area contributed by atoms with E-state index in [0.29, 0.717) is 25.6 Å². The number of H-pyrrole nitrogens is 1. The number of aromatic nitrogens is 2. The predicted octanol–water partition coefficient (Wildman–Crippen LogP) is 0.254. The number of likely N-dealkylation sites (tertiary alicyclic amines) is 1. The Kier molecular flexibility index (Phi) is 4.33. The summed E-state index contributed by atoms with van der Waals surface area (Å²) in [4.78, 5) is 13.0. The quantitative estimate of drug-likeness (QED) is 0.806. The lowest BCUT2D eigenvalue weighted by molar-refractivity contribution is -0.135. The number of nitrogens with one attached hydrogen (secondary N) is 1. The number of methoxy groups -OCH3 is 1.